The molecule has 0 unspecified atom stereocenters. The number of nitrogens with zero attached hydrogens (tertiary/aromatic N) is 3. The second-order valence-corrected chi connectivity index (χ2v) is 5.93. The first-order chi connectivity index (χ1) is 12.6. The normalized spacial score (nSPS) is 13.2. The fraction of sp³-hybridized carbons (Fsp3) is 0.333. The van der Waals surface area contributed by atoms with E-state index in [9.17, 15) is 9.59 Å². The molecule has 1 aliphatic heterocycles. The maximum absolute atomic E-state index is 12.7. The van der Waals surface area contributed by atoms with Gasteiger partial charge in [-0.15, -0.1) is 0 Å². The van der Waals surface area contributed by atoms with Gasteiger partial charge in [-0.3, -0.25) is 9.78 Å². The Morgan fingerprint density at radius 2 is 2.12 bits per heavy atom. The van der Waals surface area contributed by atoms with Gasteiger partial charge in [0.15, 0.2) is 0 Å². The topological polar surface area (TPSA) is 96.5 Å². The van der Waals surface area contributed by atoms with Gasteiger partial charge >= 0.3 is 6.03 Å². The van der Waals surface area contributed by atoms with Gasteiger partial charge in [0, 0.05) is 30.5 Å². The predicted molar refractivity (Wildman–Crippen MR) is 96.1 cm³/mol. The van der Waals surface area contributed by atoms with Crippen LogP contribution in [0.4, 0.5) is 10.5 Å². The molecule has 2 heterocycles. The number of carbonyl (C=O) groups is 2. The minimum atomic E-state index is -0.273. The quantitative estimate of drug-likeness (QED) is 0.877. The summed E-state index contributed by atoms with van der Waals surface area (Å²) >= 11 is 0. The van der Waals surface area contributed by atoms with Crippen molar-refractivity contribution in [3.8, 4) is 5.75 Å². The molecule has 3 amide bonds. The molecule has 8 nitrogen and oxygen atoms in total. The molecular weight excluding hydrogens is 334 g/mol. The summed E-state index contributed by atoms with van der Waals surface area (Å²) in [6.45, 7) is 5.42. The molecule has 0 atom stereocenters. The van der Waals surface area contributed by atoms with Gasteiger partial charge in [0.25, 0.3) is 5.91 Å². The van der Waals surface area contributed by atoms with Crippen LogP contribution in [-0.4, -0.2) is 46.5 Å². The van der Waals surface area contributed by atoms with E-state index in [-0.39, 0.29) is 11.9 Å². The third kappa shape index (κ3) is 4.08. The second-order valence-electron chi connectivity index (χ2n) is 5.93. The molecular formula is C18H21N5O3. The largest absolute Gasteiger partial charge is 0.491 e. The second kappa shape index (κ2) is 7.81. The van der Waals surface area contributed by atoms with Crippen molar-refractivity contribution in [1.29, 1.82) is 0 Å². The molecule has 0 spiro atoms. The number of nitrogens with one attached hydrogen (secondary N) is 2. The predicted octanol–water partition coefficient (Wildman–Crippen LogP) is 1.96. The number of benzene rings is 1. The Balaban J connectivity index is 1.78. The average molecular weight is 355 g/mol. The number of aryl methyl sites for hydroxylation is 1. The molecule has 1 aromatic heterocycles. The summed E-state index contributed by atoms with van der Waals surface area (Å²) in [5, 5.41) is 5.44. The molecule has 2 N–H and O–H groups in total. The average Bonchev–Trinajstić information content (AvgIpc) is 2.84. The van der Waals surface area contributed by atoms with Crippen molar-refractivity contribution in [2.24, 2.45) is 0 Å². The summed E-state index contributed by atoms with van der Waals surface area (Å²) in [6, 6.07) is 5.12. The van der Waals surface area contributed by atoms with E-state index in [4.69, 9.17) is 4.74 Å². The van der Waals surface area contributed by atoms with Gasteiger partial charge in [0.2, 0.25) is 0 Å². The van der Waals surface area contributed by atoms with Gasteiger partial charge in [-0.2, -0.15) is 0 Å². The summed E-state index contributed by atoms with van der Waals surface area (Å²) in [6.07, 6.45) is 3.06. The van der Waals surface area contributed by atoms with Crippen LogP contribution >= 0.6 is 0 Å². The van der Waals surface area contributed by atoms with E-state index in [1.165, 1.54) is 6.20 Å². The highest BCUT2D eigenvalue weighted by Crippen LogP contribution is 2.27. The van der Waals surface area contributed by atoms with Crippen molar-refractivity contribution >= 4 is 17.6 Å². The van der Waals surface area contributed by atoms with Crippen molar-refractivity contribution < 1.29 is 14.3 Å². The maximum atomic E-state index is 12.7. The van der Waals surface area contributed by atoms with Crippen molar-refractivity contribution in [2.75, 3.05) is 25.0 Å². The van der Waals surface area contributed by atoms with Crippen LogP contribution in [-0.2, 0) is 6.54 Å². The highest BCUT2D eigenvalue weighted by atomic mass is 16.5. The molecule has 2 aromatic rings. The number of urea groups is 1. The summed E-state index contributed by atoms with van der Waals surface area (Å²) in [7, 11) is 0. The van der Waals surface area contributed by atoms with Gasteiger partial charge in [-0.05, 0) is 32.0 Å². The first-order valence-electron chi connectivity index (χ1n) is 8.45. The Morgan fingerprint density at radius 3 is 2.85 bits per heavy atom. The summed E-state index contributed by atoms with van der Waals surface area (Å²) in [5.41, 5.74) is 2.52. The van der Waals surface area contributed by atoms with Crippen LogP contribution in [0, 0.1) is 6.92 Å². The van der Waals surface area contributed by atoms with Gasteiger partial charge in [0.1, 0.15) is 18.1 Å². The lowest BCUT2D eigenvalue weighted by Crippen LogP contribution is -2.33. The number of aromatic nitrogens is 2. The minimum absolute atomic E-state index is 0.198. The smallest absolute Gasteiger partial charge is 0.319 e. The van der Waals surface area contributed by atoms with Gasteiger partial charge in [-0.25, -0.2) is 9.78 Å². The number of hydrogen-bond donors (Lipinski definition) is 2. The molecule has 0 radical (unpaired) electrons. The van der Waals surface area contributed by atoms with Crippen LogP contribution in [0.2, 0.25) is 0 Å². The number of carbonyl (C=O) groups excluding carboxylic acids is 2. The molecule has 3 rings (SSSR count). The zero-order valence-electron chi connectivity index (χ0n) is 14.8. The van der Waals surface area contributed by atoms with E-state index in [1.54, 1.807) is 23.2 Å². The molecule has 1 aliphatic rings. The van der Waals surface area contributed by atoms with E-state index < -0.39 is 0 Å². The van der Waals surface area contributed by atoms with Crippen LogP contribution in [0.3, 0.4) is 0 Å². The SMILES string of the molecule is CCNC(=O)Nc1ccc2c(c1)CN(C(=O)c1cnc(C)cn1)CCO2. The van der Waals surface area contributed by atoms with Gasteiger partial charge < -0.3 is 20.3 Å². The van der Waals surface area contributed by atoms with Crippen LogP contribution in [0.15, 0.2) is 30.6 Å². The lowest BCUT2D eigenvalue weighted by Gasteiger charge is -2.19. The molecule has 1 aromatic carbocycles. The third-order valence-corrected chi connectivity index (χ3v) is 3.92. The standard InChI is InChI=1S/C18H21N5O3/c1-3-19-18(25)22-14-4-5-16-13(8-14)11-23(6-7-26-16)17(24)15-10-20-12(2)9-21-15/h4-5,8-10H,3,6-7,11H2,1-2H3,(H2,19,22,25). The Morgan fingerprint density at radius 1 is 1.27 bits per heavy atom. The zero-order valence-corrected chi connectivity index (χ0v) is 14.8. The lowest BCUT2D eigenvalue weighted by molar-refractivity contribution is 0.0726. The highest BCUT2D eigenvalue weighted by molar-refractivity contribution is 5.92. The fourth-order valence-electron chi connectivity index (χ4n) is 2.65. The molecule has 136 valence electrons. The van der Waals surface area contributed by atoms with Crippen LogP contribution in [0.25, 0.3) is 0 Å². The molecule has 0 bridgehead atoms. The van der Waals surface area contributed by atoms with Crippen molar-refractivity contribution in [3.63, 3.8) is 0 Å². The van der Waals surface area contributed by atoms with E-state index in [0.717, 1.165) is 11.3 Å². The molecule has 26 heavy (non-hydrogen) atoms. The Bertz CT molecular complexity index is 807. The van der Waals surface area contributed by atoms with Gasteiger partial charge in [0.05, 0.1) is 18.4 Å². The zero-order chi connectivity index (χ0) is 18.5. The molecule has 0 aliphatic carbocycles. The summed E-state index contributed by atoms with van der Waals surface area (Å²) in [4.78, 5) is 34.4. The van der Waals surface area contributed by atoms with Crippen LogP contribution in [0.5, 0.6) is 5.75 Å². The van der Waals surface area contributed by atoms with Crippen molar-refractivity contribution in [3.05, 3.63) is 47.5 Å². The summed E-state index contributed by atoms with van der Waals surface area (Å²) < 4.78 is 5.73. The first-order valence-corrected chi connectivity index (χ1v) is 8.45. The minimum Gasteiger partial charge on any atom is -0.491 e. The Kier molecular flexibility index (Phi) is 5.31. The Labute approximate surface area is 151 Å². The van der Waals surface area contributed by atoms with E-state index >= 15 is 0 Å². The number of hydrogen-bond acceptors (Lipinski definition) is 5. The molecule has 0 fully saturated rings. The highest BCUT2D eigenvalue weighted by Gasteiger charge is 2.22. The first kappa shape index (κ1) is 17.7. The number of anilines is 1. The van der Waals surface area contributed by atoms with E-state index in [1.807, 2.05) is 19.9 Å². The number of rotatable bonds is 3. The fourth-order valence-corrected chi connectivity index (χ4v) is 2.65. The van der Waals surface area contributed by atoms with Crippen LogP contribution < -0.4 is 15.4 Å². The van der Waals surface area contributed by atoms with E-state index in [0.29, 0.717) is 43.4 Å². The van der Waals surface area contributed by atoms with Gasteiger partial charge in [-0.1, -0.05) is 0 Å². The monoisotopic (exact) mass is 355 g/mol. The molecule has 8 heteroatoms. The number of fused-ring (bicyclic) bond motifs is 1. The molecule has 0 saturated carbocycles. The summed E-state index contributed by atoms with van der Waals surface area (Å²) in [5.74, 6) is 0.507. The van der Waals surface area contributed by atoms with Crippen molar-refractivity contribution in [2.45, 2.75) is 20.4 Å². The number of amides is 3. The van der Waals surface area contributed by atoms with Crippen molar-refractivity contribution in [1.82, 2.24) is 20.2 Å². The third-order valence-electron chi connectivity index (χ3n) is 3.92. The van der Waals surface area contributed by atoms with E-state index in [2.05, 4.69) is 20.6 Å². The number of ether oxygens (including phenoxy) is 1. The molecule has 0 saturated heterocycles. The Hall–Kier alpha value is -3.16. The lowest BCUT2D eigenvalue weighted by atomic mass is 10.1. The maximum Gasteiger partial charge on any atom is 0.319 e. The van der Waals surface area contributed by atoms with Crippen LogP contribution in [0.1, 0.15) is 28.7 Å².